The van der Waals surface area contributed by atoms with Gasteiger partial charge in [0.15, 0.2) is 0 Å². The van der Waals surface area contributed by atoms with E-state index in [-0.39, 0.29) is 17.0 Å². The second-order valence-electron chi connectivity index (χ2n) is 4.21. The monoisotopic (exact) mass is 319 g/mol. The Morgan fingerprint density at radius 3 is 2.59 bits per heavy atom. The number of nitro groups is 1. The van der Waals surface area contributed by atoms with Crippen molar-refractivity contribution in [2.75, 3.05) is 0 Å². The zero-order valence-electron chi connectivity index (χ0n) is 11.1. The summed E-state index contributed by atoms with van der Waals surface area (Å²) in [5.74, 6) is -0.659. The number of amides is 1. The molecule has 0 radical (unpaired) electrons. The second-order valence-corrected chi connectivity index (χ2v) is 4.64. The number of phenols is 1. The molecule has 0 bridgehead atoms. The third-order valence-corrected chi connectivity index (χ3v) is 2.95. The summed E-state index contributed by atoms with van der Waals surface area (Å²) >= 11 is 5.71. The zero-order chi connectivity index (χ0) is 16.1. The third kappa shape index (κ3) is 3.80. The van der Waals surface area contributed by atoms with Gasteiger partial charge < -0.3 is 5.11 Å². The van der Waals surface area contributed by atoms with Crippen molar-refractivity contribution in [3.05, 3.63) is 68.7 Å². The number of nitro benzene ring substituents is 1. The molecule has 0 aromatic heterocycles. The number of carbonyl (C=O) groups is 1. The van der Waals surface area contributed by atoms with Crippen molar-refractivity contribution >= 4 is 29.4 Å². The first-order valence-electron chi connectivity index (χ1n) is 6.04. The van der Waals surface area contributed by atoms with Crippen molar-refractivity contribution < 1.29 is 14.8 Å². The average Bonchev–Trinajstić information content (AvgIpc) is 2.49. The minimum atomic E-state index is -0.594. The van der Waals surface area contributed by atoms with Crippen LogP contribution in [0.1, 0.15) is 15.9 Å². The highest BCUT2D eigenvalue weighted by Gasteiger charge is 2.09. The lowest BCUT2D eigenvalue weighted by Gasteiger charge is -2.01. The van der Waals surface area contributed by atoms with Crippen LogP contribution in [0.15, 0.2) is 47.6 Å². The topological polar surface area (TPSA) is 105 Å². The van der Waals surface area contributed by atoms with Crippen LogP contribution in [0.3, 0.4) is 0 Å². The molecule has 0 saturated heterocycles. The van der Waals surface area contributed by atoms with E-state index in [4.69, 9.17) is 11.6 Å². The first kappa shape index (κ1) is 15.5. The van der Waals surface area contributed by atoms with Crippen LogP contribution in [0.4, 0.5) is 5.69 Å². The van der Waals surface area contributed by atoms with Crippen molar-refractivity contribution in [1.29, 1.82) is 0 Å². The number of nitrogens with zero attached hydrogens (tertiary/aromatic N) is 2. The number of hydrazone groups is 1. The van der Waals surface area contributed by atoms with E-state index in [1.54, 1.807) is 12.1 Å². The van der Waals surface area contributed by atoms with Crippen LogP contribution in [0, 0.1) is 10.1 Å². The van der Waals surface area contributed by atoms with Crippen LogP contribution < -0.4 is 5.43 Å². The van der Waals surface area contributed by atoms with Crippen LogP contribution in [-0.2, 0) is 0 Å². The van der Waals surface area contributed by atoms with Crippen LogP contribution in [0.25, 0.3) is 0 Å². The van der Waals surface area contributed by atoms with Crippen molar-refractivity contribution in [1.82, 2.24) is 5.43 Å². The highest BCUT2D eigenvalue weighted by Crippen LogP contribution is 2.21. The van der Waals surface area contributed by atoms with E-state index >= 15 is 0 Å². The molecule has 8 heteroatoms. The lowest BCUT2D eigenvalue weighted by atomic mass is 10.2. The molecule has 0 saturated carbocycles. The molecular formula is C14H10ClN3O4. The van der Waals surface area contributed by atoms with Gasteiger partial charge in [-0.3, -0.25) is 14.9 Å². The summed E-state index contributed by atoms with van der Waals surface area (Å²) in [6, 6.07) is 9.67. The van der Waals surface area contributed by atoms with Gasteiger partial charge in [0.25, 0.3) is 11.6 Å². The number of nitrogens with one attached hydrogen (secondary N) is 1. The largest absolute Gasteiger partial charge is 0.507 e. The maximum absolute atomic E-state index is 11.8. The Balaban J connectivity index is 2.09. The minimum Gasteiger partial charge on any atom is -0.507 e. The van der Waals surface area contributed by atoms with Gasteiger partial charge in [-0.2, -0.15) is 5.10 Å². The summed E-state index contributed by atoms with van der Waals surface area (Å²) in [5.41, 5.74) is 2.53. The molecule has 0 atom stereocenters. The quantitative estimate of drug-likeness (QED) is 0.513. The maximum atomic E-state index is 11.8. The highest BCUT2D eigenvalue weighted by atomic mass is 35.5. The molecule has 22 heavy (non-hydrogen) atoms. The second kappa shape index (κ2) is 6.68. The van der Waals surface area contributed by atoms with Crippen LogP contribution in [0.2, 0.25) is 5.02 Å². The molecule has 0 unspecified atom stereocenters. The Hall–Kier alpha value is -2.93. The number of non-ortho nitro benzene ring substituents is 1. The van der Waals surface area contributed by atoms with E-state index in [2.05, 4.69) is 10.5 Å². The van der Waals surface area contributed by atoms with E-state index in [0.29, 0.717) is 10.6 Å². The van der Waals surface area contributed by atoms with Gasteiger partial charge in [0.2, 0.25) is 0 Å². The van der Waals surface area contributed by atoms with Gasteiger partial charge in [-0.05, 0) is 30.3 Å². The molecule has 112 valence electrons. The van der Waals surface area contributed by atoms with Crippen molar-refractivity contribution in [2.24, 2.45) is 5.10 Å². The molecule has 0 aliphatic carbocycles. The normalized spacial score (nSPS) is 10.6. The van der Waals surface area contributed by atoms with Gasteiger partial charge in [-0.25, -0.2) is 5.43 Å². The van der Waals surface area contributed by atoms with E-state index in [9.17, 15) is 20.0 Å². The smallest absolute Gasteiger partial charge is 0.271 e. The Morgan fingerprint density at radius 2 is 1.95 bits per heavy atom. The SMILES string of the molecule is O=C(N/N=C/c1cc([N+](=O)[O-])ccc1O)c1ccc(Cl)cc1. The van der Waals surface area contributed by atoms with Gasteiger partial charge in [0, 0.05) is 28.3 Å². The standard InChI is InChI=1S/C14H10ClN3O4/c15-11-3-1-9(2-4-11)14(20)17-16-8-10-7-12(18(21)22)5-6-13(10)19/h1-8,19H,(H,17,20)/b16-8+. The lowest BCUT2D eigenvalue weighted by Crippen LogP contribution is -2.17. The number of benzene rings is 2. The highest BCUT2D eigenvalue weighted by molar-refractivity contribution is 6.30. The van der Waals surface area contributed by atoms with E-state index in [0.717, 1.165) is 12.3 Å². The Morgan fingerprint density at radius 1 is 1.27 bits per heavy atom. The average molecular weight is 320 g/mol. The summed E-state index contributed by atoms with van der Waals surface area (Å²) in [7, 11) is 0. The fraction of sp³-hybridized carbons (Fsp3) is 0. The van der Waals surface area contributed by atoms with Crippen molar-refractivity contribution in [3.8, 4) is 5.75 Å². The lowest BCUT2D eigenvalue weighted by molar-refractivity contribution is -0.384. The molecule has 0 aliphatic rings. The molecule has 0 aliphatic heterocycles. The third-order valence-electron chi connectivity index (χ3n) is 2.70. The molecule has 2 aromatic carbocycles. The molecule has 2 N–H and O–H groups in total. The predicted molar refractivity (Wildman–Crippen MR) is 81.3 cm³/mol. The number of halogens is 1. The number of aromatic hydroxyl groups is 1. The summed E-state index contributed by atoms with van der Waals surface area (Å²) in [6.45, 7) is 0. The Bertz CT molecular complexity index is 744. The molecule has 1 amide bonds. The van der Waals surface area contributed by atoms with Crippen molar-refractivity contribution in [3.63, 3.8) is 0 Å². The van der Waals surface area contributed by atoms with Crippen LogP contribution in [-0.4, -0.2) is 22.2 Å². The van der Waals surface area contributed by atoms with Gasteiger partial charge in [-0.1, -0.05) is 11.6 Å². The summed E-state index contributed by atoms with van der Waals surface area (Å²) in [4.78, 5) is 21.8. The maximum Gasteiger partial charge on any atom is 0.271 e. The molecule has 2 rings (SSSR count). The van der Waals surface area contributed by atoms with Crippen LogP contribution >= 0.6 is 11.6 Å². The molecule has 0 fully saturated rings. The molecule has 7 nitrogen and oxygen atoms in total. The van der Waals surface area contributed by atoms with E-state index in [1.807, 2.05) is 0 Å². The Kier molecular flexibility index (Phi) is 4.70. The fourth-order valence-electron chi connectivity index (χ4n) is 1.59. The number of carbonyl (C=O) groups excluding carboxylic acids is 1. The fourth-order valence-corrected chi connectivity index (χ4v) is 1.71. The molecule has 0 spiro atoms. The first-order valence-corrected chi connectivity index (χ1v) is 6.41. The van der Waals surface area contributed by atoms with Crippen LogP contribution in [0.5, 0.6) is 5.75 Å². The first-order chi connectivity index (χ1) is 10.5. The molecule has 2 aromatic rings. The number of rotatable bonds is 4. The summed E-state index contributed by atoms with van der Waals surface area (Å²) < 4.78 is 0. The molecular weight excluding hydrogens is 310 g/mol. The number of phenolic OH excluding ortho intramolecular Hbond substituents is 1. The van der Waals surface area contributed by atoms with Gasteiger partial charge in [-0.15, -0.1) is 0 Å². The number of hydrogen-bond acceptors (Lipinski definition) is 5. The summed E-state index contributed by atoms with van der Waals surface area (Å²) in [5, 5.41) is 24.4. The molecule has 0 heterocycles. The van der Waals surface area contributed by atoms with E-state index in [1.165, 1.54) is 24.3 Å². The zero-order valence-corrected chi connectivity index (χ0v) is 11.8. The van der Waals surface area contributed by atoms with Gasteiger partial charge in [0.05, 0.1) is 11.1 Å². The summed E-state index contributed by atoms with van der Waals surface area (Å²) in [6.07, 6.45) is 1.12. The number of hydrogen-bond donors (Lipinski definition) is 2. The minimum absolute atomic E-state index is 0.116. The Labute approximate surface area is 130 Å². The van der Waals surface area contributed by atoms with E-state index < -0.39 is 10.8 Å². The van der Waals surface area contributed by atoms with Gasteiger partial charge >= 0.3 is 0 Å². The van der Waals surface area contributed by atoms with Crippen molar-refractivity contribution in [2.45, 2.75) is 0 Å². The predicted octanol–water partition coefficient (Wildman–Crippen LogP) is 2.72. The van der Waals surface area contributed by atoms with Gasteiger partial charge in [0.1, 0.15) is 5.75 Å².